The minimum atomic E-state index is -0.203. The molecule has 7 heteroatoms. The van der Waals surface area contributed by atoms with Gasteiger partial charge in [-0.1, -0.05) is 30.3 Å². The fraction of sp³-hybridized carbons (Fsp3) is 0.407. The van der Waals surface area contributed by atoms with Crippen molar-refractivity contribution >= 4 is 28.4 Å². The molecule has 3 aliphatic heterocycles. The van der Waals surface area contributed by atoms with Crippen LogP contribution in [0.1, 0.15) is 47.0 Å². The molecule has 3 aromatic rings. The Bertz CT molecular complexity index is 1280. The van der Waals surface area contributed by atoms with Gasteiger partial charge in [0, 0.05) is 44.0 Å². The predicted molar refractivity (Wildman–Crippen MR) is 131 cm³/mol. The Morgan fingerprint density at radius 3 is 2.74 bits per heavy atom. The van der Waals surface area contributed by atoms with Crippen LogP contribution in [0.15, 0.2) is 48.5 Å². The summed E-state index contributed by atoms with van der Waals surface area (Å²) in [6, 6.07) is 16.1. The Kier molecular flexibility index (Phi) is 5.10. The highest BCUT2D eigenvalue weighted by molar-refractivity contribution is 6.02. The minimum absolute atomic E-state index is 0.0247. The molecule has 0 radical (unpaired) electrons. The van der Waals surface area contributed by atoms with E-state index in [-0.39, 0.29) is 30.6 Å². The number of carbonyl (C=O) groups excluding carboxylic acids is 2. The summed E-state index contributed by atoms with van der Waals surface area (Å²) in [6.07, 6.45) is 2.79. The molecule has 3 aliphatic rings. The molecule has 2 atom stereocenters. The molecule has 0 saturated carbocycles. The van der Waals surface area contributed by atoms with Crippen molar-refractivity contribution in [2.24, 2.45) is 0 Å². The molecule has 1 unspecified atom stereocenters. The first-order valence-corrected chi connectivity index (χ1v) is 12.2. The number of hydrogen-bond donors (Lipinski definition) is 1. The first-order valence-electron chi connectivity index (χ1n) is 12.2. The smallest absolute Gasteiger partial charge is 0.257 e. The Balaban J connectivity index is 1.42. The summed E-state index contributed by atoms with van der Waals surface area (Å²) in [5, 5.41) is 10.9. The summed E-state index contributed by atoms with van der Waals surface area (Å²) in [5.74, 6) is 0.161. The molecule has 1 N–H and O–H groups in total. The number of amides is 2. The van der Waals surface area contributed by atoms with Gasteiger partial charge in [-0.2, -0.15) is 0 Å². The first-order chi connectivity index (χ1) is 16.6. The number of aryl methyl sites for hydroxylation is 1. The van der Waals surface area contributed by atoms with Crippen molar-refractivity contribution in [2.75, 3.05) is 31.6 Å². The molecule has 0 spiro atoms. The largest absolute Gasteiger partial charge is 0.394 e. The van der Waals surface area contributed by atoms with Gasteiger partial charge < -0.3 is 24.4 Å². The van der Waals surface area contributed by atoms with Gasteiger partial charge in [0.1, 0.15) is 6.17 Å². The van der Waals surface area contributed by atoms with Crippen molar-refractivity contribution in [1.29, 1.82) is 0 Å². The van der Waals surface area contributed by atoms with Crippen molar-refractivity contribution in [2.45, 2.75) is 44.4 Å². The van der Waals surface area contributed by atoms with Crippen LogP contribution in [0.2, 0.25) is 0 Å². The van der Waals surface area contributed by atoms with E-state index < -0.39 is 0 Å². The molecule has 2 amide bonds. The Morgan fingerprint density at radius 2 is 1.88 bits per heavy atom. The molecule has 1 aromatic heterocycles. The number of para-hydroxylation sites is 2. The molecule has 6 rings (SSSR count). The second-order valence-corrected chi connectivity index (χ2v) is 9.60. The zero-order valence-corrected chi connectivity index (χ0v) is 19.5. The highest BCUT2D eigenvalue weighted by atomic mass is 16.3. The minimum Gasteiger partial charge on any atom is -0.394 e. The standard InChI is InChI=1S/C27H30N4O3/c1-28-22-10-4-3-9-21(22)27(34)31-15-12-20-19-8-2-5-11-23(19)30(25(20)26(28)31)16-13-24(33)29-14-6-7-18(29)17-32/h2-5,8-11,18,26,32H,6-7,12-17H2,1H3/t18-,26?/m1/s1. The Morgan fingerprint density at radius 1 is 1.09 bits per heavy atom. The monoisotopic (exact) mass is 458 g/mol. The van der Waals surface area contributed by atoms with E-state index in [0.29, 0.717) is 19.5 Å². The molecule has 1 saturated heterocycles. The predicted octanol–water partition coefficient (Wildman–Crippen LogP) is 3.16. The summed E-state index contributed by atoms with van der Waals surface area (Å²) in [4.78, 5) is 32.6. The number of likely N-dealkylation sites (tertiary alicyclic amines) is 1. The van der Waals surface area contributed by atoms with Gasteiger partial charge in [-0.25, -0.2) is 0 Å². The van der Waals surface area contributed by atoms with Crippen molar-refractivity contribution < 1.29 is 14.7 Å². The number of benzene rings is 2. The van der Waals surface area contributed by atoms with E-state index in [1.54, 1.807) is 0 Å². The third kappa shape index (κ3) is 3.06. The number of rotatable bonds is 4. The lowest BCUT2D eigenvalue weighted by Crippen LogP contribution is -2.51. The van der Waals surface area contributed by atoms with Crippen LogP contribution in [-0.4, -0.2) is 64.1 Å². The van der Waals surface area contributed by atoms with Crippen molar-refractivity contribution in [3.63, 3.8) is 0 Å². The lowest BCUT2D eigenvalue weighted by Gasteiger charge is -2.46. The van der Waals surface area contributed by atoms with Crippen LogP contribution in [0.5, 0.6) is 0 Å². The molecular weight excluding hydrogens is 428 g/mol. The van der Waals surface area contributed by atoms with Gasteiger partial charge in [0.2, 0.25) is 5.91 Å². The maximum absolute atomic E-state index is 13.4. The van der Waals surface area contributed by atoms with E-state index in [9.17, 15) is 14.7 Å². The Hall–Kier alpha value is -3.32. The van der Waals surface area contributed by atoms with E-state index in [1.807, 2.05) is 40.1 Å². The molecule has 0 bridgehead atoms. The van der Waals surface area contributed by atoms with Gasteiger partial charge >= 0.3 is 0 Å². The summed E-state index contributed by atoms with van der Waals surface area (Å²) >= 11 is 0. The summed E-state index contributed by atoms with van der Waals surface area (Å²) in [5.41, 5.74) is 5.19. The van der Waals surface area contributed by atoms with Gasteiger partial charge in [-0.05, 0) is 43.0 Å². The zero-order chi connectivity index (χ0) is 23.4. The normalized spacial score (nSPS) is 21.6. The molecule has 34 heavy (non-hydrogen) atoms. The van der Waals surface area contributed by atoms with E-state index in [0.717, 1.165) is 48.3 Å². The number of aliphatic hydroxyl groups is 1. The molecule has 4 heterocycles. The van der Waals surface area contributed by atoms with E-state index in [4.69, 9.17) is 0 Å². The lowest BCUT2D eigenvalue weighted by atomic mass is 9.96. The highest BCUT2D eigenvalue weighted by Gasteiger charge is 2.42. The number of nitrogens with zero attached hydrogens (tertiary/aromatic N) is 4. The number of anilines is 1. The lowest BCUT2D eigenvalue weighted by molar-refractivity contribution is -0.132. The summed E-state index contributed by atoms with van der Waals surface area (Å²) < 4.78 is 2.27. The highest BCUT2D eigenvalue weighted by Crippen LogP contribution is 2.44. The van der Waals surface area contributed by atoms with Crippen LogP contribution >= 0.6 is 0 Å². The Labute approximate surface area is 199 Å². The second-order valence-electron chi connectivity index (χ2n) is 9.60. The van der Waals surface area contributed by atoms with Crippen LogP contribution < -0.4 is 4.90 Å². The maximum atomic E-state index is 13.4. The van der Waals surface area contributed by atoms with Crippen molar-refractivity contribution in [3.05, 3.63) is 65.4 Å². The average molecular weight is 459 g/mol. The van der Waals surface area contributed by atoms with Crippen LogP contribution in [-0.2, 0) is 17.8 Å². The number of fused-ring (bicyclic) bond motifs is 6. The average Bonchev–Trinajstić information content (AvgIpc) is 3.48. The van der Waals surface area contributed by atoms with E-state index >= 15 is 0 Å². The van der Waals surface area contributed by atoms with Crippen LogP contribution in [0.3, 0.4) is 0 Å². The molecule has 176 valence electrons. The van der Waals surface area contributed by atoms with Crippen molar-refractivity contribution in [1.82, 2.24) is 14.4 Å². The molecule has 1 fully saturated rings. The SMILES string of the molecule is CN1c2ccccc2C(=O)N2CCc3c(n(CCC(=O)N4CCC[C@@H]4CO)c4ccccc34)C21. The molecular formula is C27H30N4O3. The summed E-state index contributed by atoms with van der Waals surface area (Å²) in [7, 11) is 2.06. The first kappa shape index (κ1) is 21.2. The van der Waals surface area contributed by atoms with E-state index in [1.165, 1.54) is 10.9 Å². The molecule has 2 aromatic carbocycles. The number of aliphatic hydroxyl groups excluding tert-OH is 1. The van der Waals surface area contributed by atoms with Gasteiger partial charge in [0.05, 0.1) is 29.6 Å². The quantitative estimate of drug-likeness (QED) is 0.652. The zero-order valence-electron chi connectivity index (χ0n) is 19.5. The fourth-order valence-corrected chi connectivity index (χ4v) is 6.25. The van der Waals surface area contributed by atoms with Gasteiger partial charge in [0.15, 0.2) is 0 Å². The third-order valence-corrected chi connectivity index (χ3v) is 7.86. The topological polar surface area (TPSA) is 69.0 Å². The van der Waals surface area contributed by atoms with Gasteiger partial charge in [0.25, 0.3) is 5.91 Å². The third-order valence-electron chi connectivity index (χ3n) is 7.86. The van der Waals surface area contributed by atoms with Crippen molar-refractivity contribution in [3.8, 4) is 0 Å². The number of carbonyl (C=O) groups is 2. The van der Waals surface area contributed by atoms with Crippen LogP contribution in [0.25, 0.3) is 10.9 Å². The van der Waals surface area contributed by atoms with Gasteiger partial charge in [-0.15, -0.1) is 0 Å². The number of hydrogen-bond acceptors (Lipinski definition) is 4. The fourth-order valence-electron chi connectivity index (χ4n) is 6.25. The number of aromatic nitrogens is 1. The summed E-state index contributed by atoms with van der Waals surface area (Å²) in [6.45, 7) is 1.97. The van der Waals surface area contributed by atoms with Crippen LogP contribution in [0, 0.1) is 0 Å². The molecule has 7 nitrogen and oxygen atoms in total. The van der Waals surface area contributed by atoms with Crippen LogP contribution in [0.4, 0.5) is 5.69 Å². The van der Waals surface area contributed by atoms with E-state index in [2.05, 4.69) is 34.7 Å². The second kappa shape index (κ2) is 8.17. The molecule has 0 aliphatic carbocycles. The maximum Gasteiger partial charge on any atom is 0.257 e. The van der Waals surface area contributed by atoms with Gasteiger partial charge in [-0.3, -0.25) is 9.59 Å².